The van der Waals surface area contributed by atoms with Gasteiger partial charge in [-0.2, -0.15) is 10.4 Å². The van der Waals surface area contributed by atoms with Crippen molar-refractivity contribution in [1.29, 1.82) is 5.26 Å². The van der Waals surface area contributed by atoms with Crippen molar-refractivity contribution in [2.75, 3.05) is 11.9 Å². The first-order valence-electron chi connectivity index (χ1n) is 6.62. The zero-order valence-corrected chi connectivity index (χ0v) is 12.0. The van der Waals surface area contributed by atoms with E-state index in [1.807, 2.05) is 13.0 Å². The van der Waals surface area contributed by atoms with Gasteiger partial charge in [0.1, 0.15) is 23.2 Å². The molecule has 1 aromatic heterocycles. The number of nitrogens with zero attached hydrogens (tertiary/aromatic N) is 3. The Morgan fingerprint density at radius 1 is 1.52 bits per heavy atom. The molecular weight excluding hydrogens is 268 g/mol. The van der Waals surface area contributed by atoms with Crippen molar-refractivity contribution in [2.24, 2.45) is 7.05 Å². The maximum atomic E-state index is 12.2. The van der Waals surface area contributed by atoms with Crippen molar-refractivity contribution < 1.29 is 9.53 Å². The van der Waals surface area contributed by atoms with E-state index in [9.17, 15) is 4.79 Å². The first-order valence-corrected chi connectivity index (χ1v) is 6.62. The van der Waals surface area contributed by atoms with Crippen LogP contribution in [0.15, 0.2) is 30.5 Å². The van der Waals surface area contributed by atoms with Gasteiger partial charge in [-0.05, 0) is 24.6 Å². The van der Waals surface area contributed by atoms with Gasteiger partial charge in [0.25, 0.3) is 5.91 Å². The molecule has 0 spiro atoms. The molecule has 0 saturated carbocycles. The number of hydrogen-bond donors (Lipinski definition) is 1. The van der Waals surface area contributed by atoms with Gasteiger partial charge in [-0.3, -0.25) is 9.48 Å². The van der Waals surface area contributed by atoms with E-state index >= 15 is 0 Å². The summed E-state index contributed by atoms with van der Waals surface area (Å²) < 4.78 is 6.95. The van der Waals surface area contributed by atoms with Gasteiger partial charge in [-0.25, -0.2) is 0 Å². The van der Waals surface area contributed by atoms with Crippen LogP contribution in [0.3, 0.4) is 0 Å². The van der Waals surface area contributed by atoms with Crippen molar-refractivity contribution in [3.8, 4) is 11.8 Å². The summed E-state index contributed by atoms with van der Waals surface area (Å²) in [5.74, 6) is 0.717. The van der Waals surface area contributed by atoms with E-state index in [1.165, 1.54) is 10.9 Å². The smallest absolute Gasteiger partial charge is 0.256 e. The molecule has 1 N–H and O–H groups in total. The van der Waals surface area contributed by atoms with Crippen molar-refractivity contribution in [3.63, 3.8) is 0 Å². The maximum Gasteiger partial charge on any atom is 0.256 e. The number of aryl methyl sites for hydroxylation is 1. The normalized spacial score (nSPS) is 9.95. The lowest BCUT2D eigenvalue weighted by molar-refractivity contribution is 0.102. The lowest BCUT2D eigenvalue weighted by Crippen LogP contribution is -2.15. The molecule has 0 bridgehead atoms. The third kappa shape index (κ3) is 3.39. The minimum Gasteiger partial charge on any atom is -0.494 e. The monoisotopic (exact) mass is 284 g/mol. The third-order valence-corrected chi connectivity index (χ3v) is 2.86. The highest BCUT2D eigenvalue weighted by Crippen LogP contribution is 2.17. The molecule has 21 heavy (non-hydrogen) atoms. The number of carbonyl (C=O) groups excluding carboxylic acids is 1. The molecule has 0 unspecified atom stereocenters. The predicted molar refractivity (Wildman–Crippen MR) is 78.1 cm³/mol. The second kappa shape index (κ2) is 6.57. The maximum absolute atomic E-state index is 12.2. The fourth-order valence-electron chi connectivity index (χ4n) is 1.79. The van der Waals surface area contributed by atoms with Crippen molar-refractivity contribution in [1.82, 2.24) is 9.78 Å². The summed E-state index contributed by atoms with van der Waals surface area (Å²) in [4.78, 5) is 12.2. The standard InChI is InChI=1S/C15H16N4O2/c1-3-7-21-13-6-4-5-11(8-13)15(20)18-14-12(9-16)10-17-19(14)2/h4-6,8,10H,3,7H2,1-2H3,(H,18,20). The Morgan fingerprint density at radius 3 is 3.05 bits per heavy atom. The first kappa shape index (κ1) is 14.6. The quantitative estimate of drug-likeness (QED) is 0.913. The molecule has 0 aliphatic rings. The summed E-state index contributed by atoms with van der Waals surface area (Å²) in [5.41, 5.74) is 0.790. The van der Waals surface area contributed by atoms with Gasteiger partial charge in [-0.1, -0.05) is 13.0 Å². The van der Waals surface area contributed by atoms with Gasteiger partial charge in [-0.15, -0.1) is 0 Å². The second-order valence-electron chi connectivity index (χ2n) is 4.47. The van der Waals surface area contributed by atoms with Crippen LogP contribution in [0.1, 0.15) is 29.3 Å². The second-order valence-corrected chi connectivity index (χ2v) is 4.47. The summed E-state index contributed by atoms with van der Waals surface area (Å²) in [6.07, 6.45) is 2.31. The lowest BCUT2D eigenvalue weighted by atomic mass is 10.2. The van der Waals surface area contributed by atoms with E-state index in [-0.39, 0.29) is 5.91 Å². The molecular formula is C15H16N4O2. The van der Waals surface area contributed by atoms with Gasteiger partial charge in [0.2, 0.25) is 0 Å². The number of ether oxygens (including phenoxy) is 1. The minimum atomic E-state index is -0.308. The minimum absolute atomic E-state index is 0.308. The van der Waals surface area contributed by atoms with Crippen LogP contribution in [-0.2, 0) is 7.05 Å². The number of aromatic nitrogens is 2. The number of nitrogens with one attached hydrogen (secondary N) is 1. The van der Waals surface area contributed by atoms with E-state index in [0.717, 1.165) is 6.42 Å². The van der Waals surface area contributed by atoms with E-state index < -0.39 is 0 Å². The van der Waals surface area contributed by atoms with Crippen LogP contribution in [-0.4, -0.2) is 22.3 Å². The van der Waals surface area contributed by atoms with Crippen molar-refractivity contribution in [3.05, 3.63) is 41.6 Å². The molecule has 2 aromatic rings. The Balaban J connectivity index is 2.17. The van der Waals surface area contributed by atoms with Gasteiger partial charge in [0.05, 0.1) is 12.8 Å². The molecule has 1 heterocycles. The van der Waals surface area contributed by atoms with E-state index in [2.05, 4.69) is 10.4 Å². The van der Waals surface area contributed by atoms with Crippen LogP contribution in [0.5, 0.6) is 5.75 Å². The van der Waals surface area contributed by atoms with Gasteiger partial charge < -0.3 is 10.1 Å². The van der Waals surface area contributed by atoms with Crippen molar-refractivity contribution in [2.45, 2.75) is 13.3 Å². The van der Waals surface area contributed by atoms with Crippen LogP contribution in [0, 0.1) is 11.3 Å². The molecule has 0 aliphatic heterocycles. The van der Waals surface area contributed by atoms with Crippen LogP contribution in [0.2, 0.25) is 0 Å². The number of nitriles is 1. The van der Waals surface area contributed by atoms with Crippen LogP contribution in [0.4, 0.5) is 5.82 Å². The number of amides is 1. The Kier molecular flexibility index (Phi) is 4.57. The number of anilines is 1. The molecule has 2 rings (SSSR count). The number of hydrogen-bond acceptors (Lipinski definition) is 4. The number of carbonyl (C=O) groups is 1. The highest BCUT2D eigenvalue weighted by atomic mass is 16.5. The number of rotatable bonds is 5. The zero-order chi connectivity index (χ0) is 15.2. The Hall–Kier alpha value is -2.81. The van der Waals surface area contributed by atoms with E-state index in [4.69, 9.17) is 10.00 Å². The molecule has 0 aliphatic carbocycles. The highest BCUT2D eigenvalue weighted by molar-refractivity contribution is 6.04. The van der Waals surface area contributed by atoms with Crippen molar-refractivity contribution >= 4 is 11.7 Å². The molecule has 1 aromatic carbocycles. The fraction of sp³-hybridized carbons (Fsp3) is 0.267. The molecule has 0 atom stereocenters. The van der Waals surface area contributed by atoms with E-state index in [0.29, 0.717) is 29.3 Å². The summed E-state index contributed by atoms with van der Waals surface area (Å²) in [7, 11) is 1.66. The predicted octanol–water partition coefficient (Wildman–Crippen LogP) is 2.33. The third-order valence-electron chi connectivity index (χ3n) is 2.86. The summed E-state index contributed by atoms with van der Waals surface area (Å²) in [5, 5.41) is 15.6. The average Bonchev–Trinajstić information content (AvgIpc) is 2.86. The zero-order valence-electron chi connectivity index (χ0n) is 12.0. The Labute approximate surface area is 123 Å². The van der Waals surface area contributed by atoms with Crippen LogP contribution in [0.25, 0.3) is 0 Å². The lowest BCUT2D eigenvalue weighted by Gasteiger charge is -2.08. The molecule has 0 radical (unpaired) electrons. The van der Waals surface area contributed by atoms with Gasteiger partial charge >= 0.3 is 0 Å². The SMILES string of the molecule is CCCOc1cccc(C(=O)Nc2c(C#N)cnn2C)c1. The summed E-state index contributed by atoms with van der Waals surface area (Å²) in [6, 6.07) is 8.92. The summed E-state index contributed by atoms with van der Waals surface area (Å²) in [6.45, 7) is 2.62. The number of benzene rings is 1. The average molecular weight is 284 g/mol. The molecule has 108 valence electrons. The van der Waals surface area contributed by atoms with Crippen LogP contribution < -0.4 is 10.1 Å². The first-order chi connectivity index (χ1) is 10.2. The topological polar surface area (TPSA) is 79.9 Å². The summed E-state index contributed by atoms with van der Waals surface area (Å²) >= 11 is 0. The molecule has 0 fully saturated rings. The van der Waals surface area contributed by atoms with Crippen LogP contribution >= 0.6 is 0 Å². The van der Waals surface area contributed by atoms with Gasteiger partial charge in [0.15, 0.2) is 0 Å². The Bertz CT molecular complexity index is 685. The molecule has 6 nitrogen and oxygen atoms in total. The molecule has 1 amide bonds. The van der Waals surface area contributed by atoms with E-state index in [1.54, 1.807) is 31.3 Å². The molecule has 6 heteroatoms. The highest BCUT2D eigenvalue weighted by Gasteiger charge is 2.13. The fourth-order valence-corrected chi connectivity index (χ4v) is 1.79. The molecule has 0 saturated heterocycles. The Morgan fingerprint density at radius 2 is 2.33 bits per heavy atom. The van der Waals surface area contributed by atoms with Gasteiger partial charge in [0, 0.05) is 12.6 Å². The largest absolute Gasteiger partial charge is 0.494 e.